The minimum Gasteiger partial charge on any atom is -0.379 e. The lowest BCUT2D eigenvalue weighted by Gasteiger charge is -2.28. The second-order valence-electron chi connectivity index (χ2n) is 6.12. The molecule has 0 aliphatic carbocycles. The predicted octanol–water partition coefficient (Wildman–Crippen LogP) is 1.49. The van der Waals surface area contributed by atoms with Gasteiger partial charge in [0, 0.05) is 18.5 Å². The Morgan fingerprint density at radius 3 is 2.56 bits per heavy atom. The standard InChI is InChI=1S/C13H28N2O/c1-10(13(2,3)4)6-15-7-11-8-16-9-12(11)14-5/h10-12,14-15H,6-9H2,1-5H3. The molecule has 16 heavy (non-hydrogen) atoms. The van der Waals surface area contributed by atoms with E-state index in [0.717, 1.165) is 26.3 Å². The zero-order valence-corrected chi connectivity index (χ0v) is 11.5. The van der Waals surface area contributed by atoms with Crippen LogP contribution < -0.4 is 10.6 Å². The molecule has 3 nitrogen and oxygen atoms in total. The summed E-state index contributed by atoms with van der Waals surface area (Å²) >= 11 is 0. The summed E-state index contributed by atoms with van der Waals surface area (Å²) in [5, 5.41) is 6.90. The van der Waals surface area contributed by atoms with Crippen molar-refractivity contribution in [2.24, 2.45) is 17.3 Å². The van der Waals surface area contributed by atoms with E-state index in [4.69, 9.17) is 4.74 Å². The molecule has 1 rings (SSSR count). The lowest BCUT2D eigenvalue weighted by molar-refractivity contribution is 0.181. The van der Waals surface area contributed by atoms with Crippen molar-refractivity contribution in [3.8, 4) is 0 Å². The molecule has 0 aromatic heterocycles. The van der Waals surface area contributed by atoms with E-state index in [9.17, 15) is 0 Å². The number of ether oxygens (including phenoxy) is 1. The third-order valence-corrected chi connectivity index (χ3v) is 3.90. The van der Waals surface area contributed by atoms with Gasteiger partial charge in [0.2, 0.25) is 0 Å². The Morgan fingerprint density at radius 1 is 1.31 bits per heavy atom. The largest absolute Gasteiger partial charge is 0.379 e. The summed E-state index contributed by atoms with van der Waals surface area (Å²) in [7, 11) is 2.02. The van der Waals surface area contributed by atoms with E-state index in [1.807, 2.05) is 7.05 Å². The van der Waals surface area contributed by atoms with Crippen LogP contribution in [0.1, 0.15) is 27.7 Å². The van der Waals surface area contributed by atoms with Crippen molar-refractivity contribution in [1.29, 1.82) is 0 Å². The van der Waals surface area contributed by atoms with E-state index in [-0.39, 0.29) is 0 Å². The lowest BCUT2D eigenvalue weighted by atomic mass is 9.82. The highest BCUT2D eigenvalue weighted by Crippen LogP contribution is 2.24. The summed E-state index contributed by atoms with van der Waals surface area (Å²) in [6, 6.07) is 0.525. The van der Waals surface area contributed by atoms with Gasteiger partial charge in [0.15, 0.2) is 0 Å². The molecular formula is C13H28N2O. The Bertz CT molecular complexity index is 201. The predicted molar refractivity (Wildman–Crippen MR) is 68.6 cm³/mol. The Balaban J connectivity index is 2.20. The van der Waals surface area contributed by atoms with Gasteiger partial charge in [-0.1, -0.05) is 27.7 Å². The normalized spacial score (nSPS) is 28.3. The molecule has 1 heterocycles. The van der Waals surface area contributed by atoms with Crippen LogP contribution in [0.15, 0.2) is 0 Å². The molecule has 0 aromatic rings. The van der Waals surface area contributed by atoms with Gasteiger partial charge < -0.3 is 15.4 Å². The maximum Gasteiger partial charge on any atom is 0.0623 e. The topological polar surface area (TPSA) is 33.3 Å². The molecule has 0 bridgehead atoms. The molecule has 2 N–H and O–H groups in total. The summed E-state index contributed by atoms with van der Waals surface area (Å²) < 4.78 is 5.48. The number of rotatable bonds is 5. The van der Waals surface area contributed by atoms with Gasteiger partial charge in [0.05, 0.1) is 13.2 Å². The molecule has 0 aromatic carbocycles. The van der Waals surface area contributed by atoms with Crippen LogP contribution in [0.5, 0.6) is 0 Å². The molecule has 96 valence electrons. The number of nitrogens with one attached hydrogen (secondary N) is 2. The molecule has 1 aliphatic rings. The van der Waals surface area contributed by atoms with E-state index in [2.05, 4.69) is 38.3 Å². The molecule has 1 aliphatic heterocycles. The molecule has 0 spiro atoms. The first-order chi connectivity index (χ1) is 7.45. The van der Waals surface area contributed by atoms with Crippen LogP contribution >= 0.6 is 0 Å². The van der Waals surface area contributed by atoms with Crippen molar-refractivity contribution < 1.29 is 4.74 Å². The molecule has 1 fully saturated rings. The lowest BCUT2D eigenvalue weighted by Crippen LogP contribution is -2.40. The highest BCUT2D eigenvalue weighted by molar-refractivity contribution is 4.82. The van der Waals surface area contributed by atoms with E-state index in [1.54, 1.807) is 0 Å². The molecule has 1 saturated heterocycles. The van der Waals surface area contributed by atoms with E-state index in [1.165, 1.54) is 0 Å². The summed E-state index contributed by atoms with van der Waals surface area (Å²) in [6.45, 7) is 13.1. The Morgan fingerprint density at radius 2 is 2.00 bits per heavy atom. The summed E-state index contributed by atoms with van der Waals surface area (Å²) in [6.07, 6.45) is 0. The van der Waals surface area contributed by atoms with Crippen LogP contribution in [0.2, 0.25) is 0 Å². The van der Waals surface area contributed by atoms with Crippen molar-refractivity contribution in [3.63, 3.8) is 0 Å². The van der Waals surface area contributed by atoms with E-state index >= 15 is 0 Å². The first kappa shape index (κ1) is 13.9. The third-order valence-electron chi connectivity index (χ3n) is 3.90. The highest BCUT2D eigenvalue weighted by atomic mass is 16.5. The van der Waals surface area contributed by atoms with Crippen LogP contribution in [-0.2, 0) is 4.74 Å². The molecule has 3 unspecified atom stereocenters. The number of hydrogen-bond acceptors (Lipinski definition) is 3. The van der Waals surface area contributed by atoms with Crippen molar-refractivity contribution in [1.82, 2.24) is 10.6 Å². The van der Waals surface area contributed by atoms with Crippen LogP contribution in [0.4, 0.5) is 0 Å². The van der Waals surface area contributed by atoms with Crippen molar-refractivity contribution >= 4 is 0 Å². The maximum absolute atomic E-state index is 5.48. The van der Waals surface area contributed by atoms with Crippen LogP contribution in [0.3, 0.4) is 0 Å². The molecule has 3 heteroatoms. The summed E-state index contributed by atoms with van der Waals surface area (Å²) in [4.78, 5) is 0. The smallest absolute Gasteiger partial charge is 0.0623 e. The zero-order valence-electron chi connectivity index (χ0n) is 11.5. The number of likely N-dealkylation sites (N-methyl/N-ethyl adjacent to an activating group) is 1. The van der Waals surface area contributed by atoms with Crippen molar-refractivity contribution in [2.75, 3.05) is 33.4 Å². The van der Waals surface area contributed by atoms with Gasteiger partial charge in [-0.2, -0.15) is 0 Å². The Hall–Kier alpha value is -0.120. The monoisotopic (exact) mass is 228 g/mol. The average Bonchev–Trinajstić information content (AvgIpc) is 2.63. The zero-order chi connectivity index (χ0) is 12.2. The Kier molecular flexibility index (Phi) is 5.22. The molecule has 0 radical (unpaired) electrons. The third kappa shape index (κ3) is 4.04. The fourth-order valence-corrected chi connectivity index (χ4v) is 1.91. The quantitative estimate of drug-likeness (QED) is 0.748. The van der Waals surface area contributed by atoms with Gasteiger partial charge in [-0.15, -0.1) is 0 Å². The second-order valence-corrected chi connectivity index (χ2v) is 6.12. The van der Waals surface area contributed by atoms with Gasteiger partial charge in [-0.3, -0.25) is 0 Å². The first-order valence-corrected chi connectivity index (χ1v) is 6.41. The summed E-state index contributed by atoms with van der Waals surface area (Å²) in [5.74, 6) is 1.32. The molecule has 0 amide bonds. The first-order valence-electron chi connectivity index (χ1n) is 6.41. The highest BCUT2D eigenvalue weighted by Gasteiger charge is 2.27. The van der Waals surface area contributed by atoms with Crippen molar-refractivity contribution in [3.05, 3.63) is 0 Å². The second kappa shape index (κ2) is 5.99. The molecule has 0 saturated carbocycles. The SMILES string of the molecule is CNC1COCC1CNCC(C)C(C)(C)C. The number of hydrogen-bond donors (Lipinski definition) is 2. The van der Waals surface area contributed by atoms with Crippen molar-refractivity contribution in [2.45, 2.75) is 33.7 Å². The minimum absolute atomic E-state index is 0.390. The fraction of sp³-hybridized carbons (Fsp3) is 1.00. The Labute approximate surface area is 100 Å². The van der Waals surface area contributed by atoms with Gasteiger partial charge >= 0.3 is 0 Å². The van der Waals surface area contributed by atoms with Gasteiger partial charge in [-0.25, -0.2) is 0 Å². The van der Waals surface area contributed by atoms with Crippen LogP contribution in [0.25, 0.3) is 0 Å². The maximum atomic E-state index is 5.48. The van der Waals surface area contributed by atoms with Crippen LogP contribution in [0, 0.1) is 17.3 Å². The fourth-order valence-electron chi connectivity index (χ4n) is 1.91. The molecule has 3 atom stereocenters. The van der Waals surface area contributed by atoms with Gasteiger partial charge in [-0.05, 0) is 24.9 Å². The van der Waals surface area contributed by atoms with Gasteiger partial charge in [0.1, 0.15) is 0 Å². The van der Waals surface area contributed by atoms with Gasteiger partial charge in [0.25, 0.3) is 0 Å². The average molecular weight is 228 g/mol. The minimum atomic E-state index is 0.390. The van der Waals surface area contributed by atoms with Crippen LogP contribution in [-0.4, -0.2) is 39.4 Å². The van der Waals surface area contributed by atoms with E-state index in [0.29, 0.717) is 23.3 Å². The van der Waals surface area contributed by atoms with E-state index < -0.39 is 0 Å². The molecular weight excluding hydrogens is 200 g/mol. The summed E-state index contributed by atoms with van der Waals surface area (Å²) in [5.41, 5.74) is 0.390.